The molecular weight excluding hydrogens is 362 g/mol. The van der Waals surface area contributed by atoms with Gasteiger partial charge < -0.3 is 24.0 Å². The molecule has 3 amide bonds. The van der Waals surface area contributed by atoms with E-state index in [0.717, 1.165) is 0 Å². The Bertz CT molecular complexity index is 822. The maximum absolute atomic E-state index is 12.6. The van der Waals surface area contributed by atoms with Gasteiger partial charge in [0, 0.05) is 32.1 Å². The van der Waals surface area contributed by atoms with Crippen molar-refractivity contribution in [3.63, 3.8) is 0 Å². The monoisotopic (exact) mass is 385 g/mol. The number of piperidine rings is 1. The van der Waals surface area contributed by atoms with Crippen LogP contribution in [0.25, 0.3) is 0 Å². The van der Waals surface area contributed by atoms with Crippen LogP contribution in [0.2, 0.25) is 0 Å². The van der Waals surface area contributed by atoms with E-state index >= 15 is 0 Å². The number of carbonyl (C=O) groups is 3. The predicted octanol–water partition coefficient (Wildman–Crippen LogP) is 1.64. The van der Waals surface area contributed by atoms with E-state index in [9.17, 15) is 14.4 Å². The SMILES string of the molecule is O=C(NC1CCN(C(=O)c2ccco2)CC1)[C@H]1CC(=O)N(Cc2ccco2)C1. The fourth-order valence-electron chi connectivity index (χ4n) is 3.79. The van der Waals surface area contributed by atoms with E-state index in [1.807, 2.05) is 6.07 Å². The quantitative estimate of drug-likeness (QED) is 0.844. The summed E-state index contributed by atoms with van der Waals surface area (Å²) in [5.41, 5.74) is 0. The van der Waals surface area contributed by atoms with E-state index in [2.05, 4.69) is 5.32 Å². The van der Waals surface area contributed by atoms with E-state index in [0.29, 0.717) is 50.5 Å². The molecule has 1 atom stereocenters. The molecule has 2 aromatic heterocycles. The average Bonchev–Trinajstić information content (AvgIpc) is 3.45. The van der Waals surface area contributed by atoms with Gasteiger partial charge in [-0.1, -0.05) is 0 Å². The normalized spacial score (nSPS) is 20.6. The zero-order valence-corrected chi connectivity index (χ0v) is 15.5. The highest BCUT2D eigenvalue weighted by Crippen LogP contribution is 2.22. The van der Waals surface area contributed by atoms with Crippen molar-refractivity contribution in [1.29, 1.82) is 0 Å². The lowest BCUT2D eigenvalue weighted by Crippen LogP contribution is -2.48. The van der Waals surface area contributed by atoms with E-state index < -0.39 is 0 Å². The molecule has 0 unspecified atom stereocenters. The third kappa shape index (κ3) is 3.95. The zero-order valence-electron chi connectivity index (χ0n) is 15.5. The summed E-state index contributed by atoms with van der Waals surface area (Å²) in [6, 6.07) is 6.96. The number of hydrogen-bond acceptors (Lipinski definition) is 5. The predicted molar refractivity (Wildman–Crippen MR) is 98.0 cm³/mol. The third-order valence-electron chi connectivity index (χ3n) is 5.37. The molecular formula is C20H23N3O5. The Kier molecular flexibility index (Phi) is 5.18. The maximum Gasteiger partial charge on any atom is 0.289 e. The molecule has 8 nitrogen and oxygen atoms in total. The summed E-state index contributed by atoms with van der Waals surface area (Å²) in [7, 11) is 0. The second kappa shape index (κ2) is 7.92. The lowest BCUT2D eigenvalue weighted by Gasteiger charge is -2.32. The number of nitrogens with one attached hydrogen (secondary N) is 1. The minimum absolute atomic E-state index is 0.0161. The van der Waals surface area contributed by atoms with Crippen LogP contribution in [0.4, 0.5) is 0 Å². The molecule has 0 aliphatic carbocycles. The Morgan fingerprint density at radius 2 is 1.86 bits per heavy atom. The number of furan rings is 2. The minimum Gasteiger partial charge on any atom is -0.467 e. The minimum atomic E-state index is -0.342. The van der Waals surface area contributed by atoms with Gasteiger partial charge in [0.25, 0.3) is 5.91 Å². The van der Waals surface area contributed by atoms with Crippen molar-refractivity contribution in [3.8, 4) is 0 Å². The van der Waals surface area contributed by atoms with Crippen LogP contribution in [-0.2, 0) is 16.1 Å². The van der Waals surface area contributed by atoms with Crippen molar-refractivity contribution in [2.24, 2.45) is 5.92 Å². The number of nitrogens with zero attached hydrogens (tertiary/aromatic N) is 2. The van der Waals surface area contributed by atoms with Gasteiger partial charge in [0.05, 0.1) is 25.0 Å². The van der Waals surface area contributed by atoms with Crippen molar-refractivity contribution in [2.45, 2.75) is 31.8 Å². The topological polar surface area (TPSA) is 96.0 Å². The maximum atomic E-state index is 12.6. The molecule has 1 N–H and O–H groups in total. The Morgan fingerprint density at radius 3 is 2.54 bits per heavy atom. The highest BCUT2D eigenvalue weighted by Gasteiger charge is 2.36. The van der Waals surface area contributed by atoms with Gasteiger partial charge >= 0.3 is 0 Å². The van der Waals surface area contributed by atoms with Gasteiger partial charge in [-0.2, -0.15) is 0 Å². The Labute approximate surface area is 162 Å². The highest BCUT2D eigenvalue weighted by atomic mass is 16.3. The first-order valence-electron chi connectivity index (χ1n) is 9.53. The molecule has 2 saturated heterocycles. The molecule has 0 saturated carbocycles. The smallest absolute Gasteiger partial charge is 0.289 e. The zero-order chi connectivity index (χ0) is 19.5. The second-order valence-corrected chi connectivity index (χ2v) is 7.31. The molecule has 2 fully saturated rings. The highest BCUT2D eigenvalue weighted by molar-refractivity contribution is 5.91. The van der Waals surface area contributed by atoms with Crippen LogP contribution in [0.3, 0.4) is 0 Å². The molecule has 4 heterocycles. The summed E-state index contributed by atoms with van der Waals surface area (Å²) in [5, 5.41) is 3.05. The molecule has 0 bridgehead atoms. The van der Waals surface area contributed by atoms with E-state index in [1.54, 1.807) is 34.3 Å². The number of likely N-dealkylation sites (tertiary alicyclic amines) is 2. The molecule has 2 aliphatic rings. The van der Waals surface area contributed by atoms with Crippen LogP contribution in [0, 0.1) is 5.92 Å². The molecule has 2 aliphatic heterocycles. The number of hydrogen-bond donors (Lipinski definition) is 1. The fraction of sp³-hybridized carbons (Fsp3) is 0.450. The van der Waals surface area contributed by atoms with Crippen molar-refractivity contribution < 1.29 is 23.2 Å². The largest absolute Gasteiger partial charge is 0.467 e. The van der Waals surface area contributed by atoms with Crippen LogP contribution in [0.15, 0.2) is 45.6 Å². The summed E-state index contributed by atoms with van der Waals surface area (Å²) in [5.74, 6) is 0.461. The van der Waals surface area contributed by atoms with Crippen molar-refractivity contribution >= 4 is 17.7 Å². The van der Waals surface area contributed by atoms with Gasteiger partial charge in [0.2, 0.25) is 11.8 Å². The van der Waals surface area contributed by atoms with Gasteiger partial charge in [-0.05, 0) is 37.1 Å². The third-order valence-corrected chi connectivity index (χ3v) is 5.37. The lowest BCUT2D eigenvalue weighted by molar-refractivity contribution is -0.129. The van der Waals surface area contributed by atoms with Gasteiger partial charge in [-0.15, -0.1) is 0 Å². The van der Waals surface area contributed by atoms with Gasteiger partial charge in [0.15, 0.2) is 5.76 Å². The molecule has 2 aromatic rings. The van der Waals surface area contributed by atoms with E-state index in [-0.39, 0.29) is 36.1 Å². The van der Waals surface area contributed by atoms with E-state index in [4.69, 9.17) is 8.83 Å². The average molecular weight is 385 g/mol. The summed E-state index contributed by atoms with van der Waals surface area (Å²) in [4.78, 5) is 40.5. The molecule has 0 radical (unpaired) electrons. The number of carbonyl (C=O) groups excluding carboxylic acids is 3. The number of rotatable bonds is 5. The summed E-state index contributed by atoms with van der Waals surface area (Å²) >= 11 is 0. The van der Waals surface area contributed by atoms with Crippen molar-refractivity contribution in [2.75, 3.05) is 19.6 Å². The summed E-state index contributed by atoms with van der Waals surface area (Å²) < 4.78 is 10.4. The first kappa shape index (κ1) is 18.3. The standard InChI is InChI=1S/C20H23N3O5/c24-18-11-14(12-23(18)13-16-3-1-9-27-16)19(25)21-15-5-7-22(8-6-15)20(26)17-4-2-10-28-17/h1-4,9-10,14-15H,5-8,11-13H2,(H,21,25)/t14-/m0/s1. The van der Waals surface area contributed by atoms with Crippen LogP contribution in [0.5, 0.6) is 0 Å². The first-order valence-corrected chi connectivity index (χ1v) is 9.53. The molecule has 0 spiro atoms. The van der Waals surface area contributed by atoms with Gasteiger partial charge in [-0.3, -0.25) is 14.4 Å². The van der Waals surface area contributed by atoms with Gasteiger partial charge in [-0.25, -0.2) is 0 Å². The van der Waals surface area contributed by atoms with Crippen molar-refractivity contribution in [1.82, 2.24) is 15.1 Å². The lowest BCUT2D eigenvalue weighted by atomic mass is 10.0. The summed E-state index contributed by atoms with van der Waals surface area (Å²) in [6.45, 7) is 1.93. The summed E-state index contributed by atoms with van der Waals surface area (Å²) in [6.07, 6.45) is 4.66. The Hall–Kier alpha value is -3.03. The molecule has 8 heteroatoms. The Balaban J connectivity index is 1.24. The molecule has 148 valence electrons. The van der Waals surface area contributed by atoms with Crippen LogP contribution >= 0.6 is 0 Å². The van der Waals surface area contributed by atoms with Crippen LogP contribution < -0.4 is 5.32 Å². The van der Waals surface area contributed by atoms with Gasteiger partial charge in [0.1, 0.15) is 5.76 Å². The van der Waals surface area contributed by atoms with Crippen molar-refractivity contribution in [3.05, 3.63) is 48.3 Å². The van der Waals surface area contributed by atoms with Crippen LogP contribution in [-0.4, -0.2) is 53.2 Å². The molecule has 4 rings (SSSR count). The molecule has 28 heavy (non-hydrogen) atoms. The van der Waals surface area contributed by atoms with Crippen LogP contribution in [0.1, 0.15) is 35.6 Å². The number of amides is 3. The van der Waals surface area contributed by atoms with E-state index in [1.165, 1.54) is 6.26 Å². The molecule has 0 aromatic carbocycles. The Morgan fingerprint density at radius 1 is 1.11 bits per heavy atom. The fourth-order valence-corrected chi connectivity index (χ4v) is 3.79. The second-order valence-electron chi connectivity index (χ2n) is 7.31. The first-order chi connectivity index (χ1) is 13.6.